The zero-order valence-corrected chi connectivity index (χ0v) is 20.2. The van der Waals surface area contributed by atoms with E-state index >= 15 is 0 Å². The lowest BCUT2D eigenvalue weighted by atomic mass is 9.44. The summed E-state index contributed by atoms with van der Waals surface area (Å²) >= 11 is 0. The molecule has 0 bridgehead atoms. The molecule has 0 aromatic heterocycles. The molecular formula is C26H45N3O2. The van der Waals surface area contributed by atoms with Crippen LogP contribution in [0.4, 0.5) is 0 Å². The van der Waals surface area contributed by atoms with Gasteiger partial charge in [0.1, 0.15) is 0 Å². The Labute approximate surface area is 189 Å². The molecule has 4 aliphatic carbocycles. The van der Waals surface area contributed by atoms with Crippen LogP contribution in [0.3, 0.4) is 0 Å². The molecule has 5 heteroatoms. The summed E-state index contributed by atoms with van der Waals surface area (Å²) in [7, 11) is 0. The lowest BCUT2D eigenvalue weighted by molar-refractivity contribution is -0.151. The molecular weight excluding hydrogens is 386 g/mol. The first-order valence-corrected chi connectivity index (χ1v) is 12.7. The van der Waals surface area contributed by atoms with Crippen LogP contribution in [0.5, 0.6) is 0 Å². The van der Waals surface area contributed by atoms with Gasteiger partial charge in [0.2, 0.25) is 0 Å². The number of allylic oxidation sites excluding steroid dienone is 1. The van der Waals surface area contributed by atoms with E-state index in [0.29, 0.717) is 28.7 Å². The first-order chi connectivity index (χ1) is 14.5. The van der Waals surface area contributed by atoms with E-state index < -0.39 is 5.60 Å². The molecule has 0 amide bonds. The molecule has 0 aliphatic heterocycles. The first kappa shape index (κ1) is 23.1. The lowest BCUT2D eigenvalue weighted by Crippen LogP contribution is -2.56. The van der Waals surface area contributed by atoms with Gasteiger partial charge in [-0.1, -0.05) is 20.8 Å². The second-order valence-corrected chi connectivity index (χ2v) is 12.2. The number of aliphatic hydroxyl groups is 1. The van der Waals surface area contributed by atoms with Crippen LogP contribution in [0.1, 0.15) is 91.9 Å². The molecule has 4 aliphatic rings. The quantitative estimate of drug-likeness (QED) is 0.444. The number of hydrogen-bond acceptors (Lipinski definition) is 5. The number of ketones is 1. The number of carbonyl (C=O) groups is 1. The second kappa shape index (κ2) is 8.06. The van der Waals surface area contributed by atoms with E-state index in [1.807, 2.05) is 13.8 Å². The van der Waals surface area contributed by atoms with Crippen molar-refractivity contribution < 1.29 is 9.90 Å². The molecule has 4 rings (SSSR count). The SMILES string of the molecule is CC/C(N)=C/N(N)CC(=O)[C@H]1CC[C@H]2[C@@H]3CC[C@H]4C[C@](C)(O)CC[C@]4(C)[C@H]3CC[C@]12C. The summed E-state index contributed by atoms with van der Waals surface area (Å²) < 4.78 is 0. The zero-order chi connectivity index (χ0) is 22.6. The Morgan fingerprint density at radius 3 is 2.45 bits per heavy atom. The van der Waals surface area contributed by atoms with E-state index in [1.165, 1.54) is 30.7 Å². The third kappa shape index (κ3) is 3.94. The van der Waals surface area contributed by atoms with E-state index in [4.69, 9.17) is 11.6 Å². The van der Waals surface area contributed by atoms with Crippen molar-refractivity contribution in [2.75, 3.05) is 6.54 Å². The summed E-state index contributed by atoms with van der Waals surface area (Å²) in [6.07, 6.45) is 12.6. The van der Waals surface area contributed by atoms with Gasteiger partial charge in [0.25, 0.3) is 0 Å². The predicted molar refractivity (Wildman–Crippen MR) is 124 cm³/mol. The van der Waals surface area contributed by atoms with E-state index in [-0.39, 0.29) is 17.9 Å². The summed E-state index contributed by atoms with van der Waals surface area (Å²) in [5, 5.41) is 12.2. The van der Waals surface area contributed by atoms with Gasteiger partial charge in [0.15, 0.2) is 5.78 Å². The van der Waals surface area contributed by atoms with Crippen molar-refractivity contribution in [2.45, 2.75) is 97.5 Å². The van der Waals surface area contributed by atoms with Crippen molar-refractivity contribution in [2.24, 2.45) is 52.0 Å². The van der Waals surface area contributed by atoms with Gasteiger partial charge in [-0.2, -0.15) is 0 Å². The maximum Gasteiger partial charge on any atom is 0.157 e. The molecule has 8 atom stereocenters. The van der Waals surface area contributed by atoms with Crippen molar-refractivity contribution in [1.82, 2.24) is 5.01 Å². The molecule has 4 fully saturated rings. The smallest absolute Gasteiger partial charge is 0.157 e. The third-order valence-electron chi connectivity index (χ3n) is 10.4. The Bertz CT molecular complexity index is 734. The van der Waals surface area contributed by atoms with Gasteiger partial charge in [-0.15, -0.1) is 0 Å². The van der Waals surface area contributed by atoms with Gasteiger partial charge < -0.3 is 15.8 Å². The minimum atomic E-state index is -0.477. The van der Waals surface area contributed by atoms with Gasteiger partial charge in [-0.25, -0.2) is 5.84 Å². The van der Waals surface area contributed by atoms with E-state index in [2.05, 4.69) is 13.8 Å². The van der Waals surface area contributed by atoms with Gasteiger partial charge in [0.05, 0.1) is 12.1 Å². The fourth-order valence-corrected chi connectivity index (χ4v) is 8.60. The number of Topliss-reactive ketones (excluding diaryl/α,β-unsaturated/α-hetero) is 1. The minimum absolute atomic E-state index is 0.114. The van der Waals surface area contributed by atoms with Crippen molar-refractivity contribution in [1.29, 1.82) is 0 Å². The van der Waals surface area contributed by atoms with Gasteiger partial charge in [-0.05, 0) is 106 Å². The molecule has 5 N–H and O–H groups in total. The van der Waals surface area contributed by atoms with Crippen LogP contribution in [0.25, 0.3) is 0 Å². The topological polar surface area (TPSA) is 92.6 Å². The molecule has 4 saturated carbocycles. The number of carbonyl (C=O) groups excluding carboxylic acids is 1. The molecule has 0 radical (unpaired) electrons. The summed E-state index contributed by atoms with van der Waals surface area (Å²) in [6, 6.07) is 0. The largest absolute Gasteiger partial charge is 0.401 e. The Balaban J connectivity index is 1.48. The molecule has 0 spiro atoms. The Hall–Kier alpha value is -1.07. The number of hydrazine groups is 1. The number of nitrogens with zero attached hydrogens (tertiary/aromatic N) is 1. The maximum atomic E-state index is 13.3. The van der Waals surface area contributed by atoms with Crippen LogP contribution in [0.2, 0.25) is 0 Å². The summed E-state index contributed by atoms with van der Waals surface area (Å²) in [5.74, 6) is 9.31. The fraction of sp³-hybridized carbons (Fsp3) is 0.885. The van der Waals surface area contributed by atoms with Crippen LogP contribution in [-0.4, -0.2) is 28.0 Å². The molecule has 0 unspecified atom stereocenters. The van der Waals surface area contributed by atoms with Crippen LogP contribution in [0, 0.1) is 40.4 Å². The predicted octanol–water partition coefficient (Wildman–Crippen LogP) is 4.35. The number of fused-ring (bicyclic) bond motifs is 5. The summed E-state index contributed by atoms with van der Waals surface area (Å²) in [6.45, 7) is 9.22. The second-order valence-electron chi connectivity index (χ2n) is 12.2. The average Bonchev–Trinajstić information content (AvgIpc) is 3.05. The fourth-order valence-electron chi connectivity index (χ4n) is 8.60. The molecule has 0 heterocycles. The number of rotatable bonds is 5. The Morgan fingerprint density at radius 2 is 1.74 bits per heavy atom. The molecule has 176 valence electrons. The monoisotopic (exact) mass is 431 g/mol. The van der Waals surface area contributed by atoms with Crippen molar-refractivity contribution in [3.8, 4) is 0 Å². The highest BCUT2D eigenvalue weighted by Crippen LogP contribution is 2.68. The average molecular weight is 432 g/mol. The van der Waals surface area contributed by atoms with Crippen LogP contribution in [-0.2, 0) is 4.79 Å². The Morgan fingerprint density at radius 1 is 1.03 bits per heavy atom. The minimum Gasteiger partial charge on any atom is -0.401 e. The summed E-state index contributed by atoms with van der Waals surface area (Å²) in [5.41, 5.74) is 6.62. The normalized spacial score (nSPS) is 47.3. The summed E-state index contributed by atoms with van der Waals surface area (Å²) in [4.78, 5) is 13.3. The maximum absolute atomic E-state index is 13.3. The molecule has 0 aromatic carbocycles. The Kier molecular flexibility index (Phi) is 6.00. The molecule has 31 heavy (non-hydrogen) atoms. The van der Waals surface area contributed by atoms with E-state index in [1.54, 1.807) is 6.20 Å². The van der Waals surface area contributed by atoms with Gasteiger partial charge in [0, 0.05) is 17.8 Å². The van der Waals surface area contributed by atoms with Crippen molar-refractivity contribution in [3.63, 3.8) is 0 Å². The highest BCUT2D eigenvalue weighted by molar-refractivity contribution is 5.84. The van der Waals surface area contributed by atoms with E-state index in [0.717, 1.165) is 50.4 Å². The van der Waals surface area contributed by atoms with Crippen LogP contribution < -0.4 is 11.6 Å². The van der Waals surface area contributed by atoms with E-state index in [9.17, 15) is 9.90 Å². The van der Waals surface area contributed by atoms with Crippen LogP contribution in [0.15, 0.2) is 11.9 Å². The zero-order valence-electron chi connectivity index (χ0n) is 20.2. The third-order valence-corrected chi connectivity index (χ3v) is 10.4. The molecule has 5 nitrogen and oxygen atoms in total. The first-order valence-electron chi connectivity index (χ1n) is 12.7. The number of hydrogen-bond donors (Lipinski definition) is 3. The lowest BCUT2D eigenvalue weighted by Gasteiger charge is -2.61. The van der Waals surface area contributed by atoms with Crippen molar-refractivity contribution >= 4 is 5.78 Å². The van der Waals surface area contributed by atoms with Crippen molar-refractivity contribution in [3.05, 3.63) is 11.9 Å². The van der Waals surface area contributed by atoms with Gasteiger partial charge >= 0.3 is 0 Å². The molecule has 0 aromatic rings. The standard InChI is InChI=1S/C26H45N3O2/c1-5-18(27)15-29(28)16-23(30)22-9-8-20-19-7-6-17-14-24(2,31)12-13-25(17,3)21(19)10-11-26(20,22)4/h15,17,19-22,31H,5-14,16,27-28H2,1-4H3/b18-15-/t17-,19-,20-,21-,22+,24+,25-,26-/m0/s1. The molecule has 0 saturated heterocycles. The highest BCUT2D eigenvalue weighted by atomic mass is 16.3. The number of nitrogens with two attached hydrogens (primary N) is 2. The van der Waals surface area contributed by atoms with Crippen LogP contribution >= 0.6 is 0 Å². The highest BCUT2D eigenvalue weighted by Gasteiger charge is 2.61. The van der Waals surface area contributed by atoms with Gasteiger partial charge in [-0.3, -0.25) is 4.79 Å².